The number of anilines is 1. The van der Waals surface area contributed by atoms with Crippen molar-refractivity contribution in [3.8, 4) is 0 Å². The van der Waals surface area contributed by atoms with Gasteiger partial charge in [-0.05, 0) is 36.9 Å². The van der Waals surface area contributed by atoms with Gasteiger partial charge in [-0.3, -0.25) is 9.78 Å². The Labute approximate surface area is 186 Å². The van der Waals surface area contributed by atoms with E-state index in [-0.39, 0.29) is 5.56 Å². The van der Waals surface area contributed by atoms with E-state index in [1.165, 1.54) is 11.1 Å². The molecule has 0 fully saturated rings. The van der Waals surface area contributed by atoms with Gasteiger partial charge in [0.25, 0.3) is 5.56 Å². The van der Waals surface area contributed by atoms with Gasteiger partial charge in [-0.1, -0.05) is 54.1 Å². The molecule has 30 heavy (non-hydrogen) atoms. The van der Waals surface area contributed by atoms with Crippen molar-refractivity contribution in [1.82, 2.24) is 14.9 Å². The van der Waals surface area contributed by atoms with Gasteiger partial charge in [0.05, 0.1) is 0 Å². The molecule has 0 saturated carbocycles. The van der Waals surface area contributed by atoms with E-state index in [4.69, 9.17) is 11.6 Å². The summed E-state index contributed by atoms with van der Waals surface area (Å²) in [4.78, 5) is 21.7. The minimum absolute atomic E-state index is 0.141. The number of thioether (sulfide) groups is 1. The van der Waals surface area contributed by atoms with E-state index in [1.54, 1.807) is 6.20 Å². The van der Waals surface area contributed by atoms with Crippen LogP contribution in [-0.4, -0.2) is 41.3 Å². The summed E-state index contributed by atoms with van der Waals surface area (Å²) in [5, 5.41) is 3.85. The molecule has 2 N–H and O–H groups in total. The van der Waals surface area contributed by atoms with E-state index in [2.05, 4.69) is 58.5 Å². The molecule has 1 aromatic heterocycles. The number of rotatable bonds is 10. The summed E-state index contributed by atoms with van der Waals surface area (Å²) in [5.74, 6) is 2.38. The first-order valence-corrected chi connectivity index (χ1v) is 11.4. The Balaban J connectivity index is 1.45. The molecule has 0 atom stereocenters. The number of benzene rings is 2. The molecule has 2 aromatic carbocycles. The lowest BCUT2D eigenvalue weighted by molar-refractivity contribution is 0.402. The predicted octanol–water partition coefficient (Wildman–Crippen LogP) is 4.42. The van der Waals surface area contributed by atoms with Crippen molar-refractivity contribution in [2.24, 2.45) is 0 Å². The van der Waals surface area contributed by atoms with Crippen LogP contribution in [0.5, 0.6) is 0 Å². The van der Waals surface area contributed by atoms with Crippen LogP contribution < -0.4 is 10.9 Å². The number of hydrogen-bond acceptors (Lipinski definition) is 5. The van der Waals surface area contributed by atoms with Gasteiger partial charge in [0.1, 0.15) is 0 Å². The highest BCUT2D eigenvalue weighted by Gasteiger charge is 2.06. The molecule has 7 heteroatoms. The molecule has 0 spiro atoms. The Morgan fingerprint density at radius 2 is 1.90 bits per heavy atom. The van der Waals surface area contributed by atoms with Gasteiger partial charge in [0, 0.05) is 47.8 Å². The largest absolute Gasteiger partial charge is 0.355 e. The highest BCUT2D eigenvalue weighted by atomic mass is 35.5. The van der Waals surface area contributed by atoms with Crippen LogP contribution in [0.15, 0.2) is 59.5 Å². The van der Waals surface area contributed by atoms with Crippen molar-refractivity contribution >= 4 is 29.3 Å². The van der Waals surface area contributed by atoms with Crippen molar-refractivity contribution < 1.29 is 0 Å². The third-order valence-corrected chi connectivity index (χ3v) is 5.91. The first-order valence-electron chi connectivity index (χ1n) is 9.87. The van der Waals surface area contributed by atoms with E-state index in [9.17, 15) is 4.79 Å². The predicted molar refractivity (Wildman–Crippen MR) is 128 cm³/mol. The van der Waals surface area contributed by atoms with E-state index < -0.39 is 0 Å². The second-order valence-corrected chi connectivity index (χ2v) is 8.90. The Morgan fingerprint density at radius 1 is 1.10 bits per heavy atom. The van der Waals surface area contributed by atoms with Crippen molar-refractivity contribution in [3.63, 3.8) is 0 Å². The monoisotopic (exact) mass is 442 g/mol. The number of nitrogens with one attached hydrogen (secondary N) is 2. The highest BCUT2D eigenvalue weighted by molar-refractivity contribution is 7.98. The van der Waals surface area contributed by atoms with Crippen LogP contribution in [0.1, 0.15) is 22.3 Å². The first-order chi connectivity index (χ1) is 14.5. The zero-order valence-corrected chi connectivity index (χ0v) is 18.9. The highest BCUT2D eigenvalue weighted by Crippen LogP contribution is 2.17. The fourth-order valence-electron chi connectivity index (χ4n) is 3.10. The molecule has 0 aliphatic carbocycles. The van der Waals surface area contributed by atoms with Crippen molar-refractivity contribution in [2.45, 2.75) is 18.7 Å². The normalized spacial score (nSPS) is 11.1. The summed E-state index contributed by atoms with van der Waals surface area (Å²) in [6, 6.07) is 16.2. The number of aromatic amines is 1. The van der Waals surface area contributed by atoms with Gasteiger partial charge in [-0.2, -0.15) is 11.8 Å². The quantitative estimate of drug-likeness (QED) is 0.455. The molecule has 5 nitrogen and oxygen atoms in total. The van der Waals surface area contributed by atoms with Crippen LogP contribution in [0.4, 0.5) is 5.95 Å². The molecule has 0 aliphatic heterocycles. The summed E-state index contributed by atoms with van der Waals surface area (Å²) in [6.07, 6.45) is 2.08. The zero-order chi connectivity index (χ0) is 21.3. The average molecular weight is 443 g/mol. The maximum atomic E-state index is 12.4. The summed E-state index contributed by atoms with van der Waals surface area (Å²) in [5.41, 5.74) is 4.03. The number of halogens is 1. The second kappa shape index (κ2) is 11.2. The Kier molecular flexibility index (Phi) is 8.37. The Hall–Kier alpha value is -2.28. The lowest BCUT2D eigenvalue weighted by atomic mass is 10.1. The van der Waals surface area contributed by atoms with E-state index in [1.807, 2.05) is 36.0 Å². The van der Waals surface area contributed by atoms with Gasteiger partial charge < -0.3 is 10.2 Å². The van der Waals surface area contributed by atoms with Gasteiger partial charge in [-0.15, -0.1) is 0 Å². The lowest BCUT2D eigenvalue weighted by Crippen LogP contribution is -2.18. The van der Waals surface area contributed by atoms with Gasteiger partial charge >= 0.3 is 0 Å². The standard InChI is InChI=1S/C23H27ClN4OS/c1-28(2)15-17-6-5-7-18(12-17)16-30-11-10-25-23-26-14-20(22(29)27-23)13-19-8-3-4-9-21(19)24/h3-9,12,14H,10-11,13,15-16H2,1-2H3,(H2,25,26,27,29). The SMILES string of the molecule is CN(C)Cc1cccc(CSCCNc2ncc(Cc3ccccc3Cl)c(=O)[nH]2)c1. The summed E-state index contributed by atoms with van der Waals surface area (Å²) in [6.45, 7) is 1.68. The molecule has 0 aliphatic rings. The van der Waals surface area contributed by atoms with Gasteiger partial charge in [0.15, 0.2) is 0 Å². The smallest absolute Gasteiger partial charge is 0.255 e. The van der Waals surface area contributed by atoms with E-state index >= 15 is 0 Å². The molecule has 1 heterocycles. The third kappa shape index (κ3) is 6.90. The summed E-state index contributed by atoms with van der Waals surface area (Å²) in [7, 11) is 4.16. The van der Waals surface area contributed by atoms with Crippen molar-refractivity contribution in [2.75, 3.05) is 31.7 Å². The van der Waals surface area contributed by atoms with E-state index in [0.717, 1.165) is 30.2 Å². The minimum Gasteiger partial charge on any atom is -0.355 e. The lowest BCUT2D eigenvalue weighted by Gasteiger charge is -2.11. The molecule has 0 unspecified atom stereocenters. The maximum absolute atomic E-state index is 12.4. The number of H-pyrrole nitrogens is 1. The topological polar surface area (TPSA) is 61.0 Å². The molecular weight excluding hydrogens is 416 g/mol. The minimum atomic E-state index is -0.141. The zero-order valence-electron chi connectivity index (χ0n) is 17.3. The van der Waals surface area contributed by atoms with Crippen LogP contribution in [0.25, 0.3) is 0 Å². The van der Waals surface area contributed by atoms with Gasteiger partial charge in [0.2, 0.25) is 5.95 Å². The first kappa shape index (κ1) is 22.4. The van der Waals surface area contributed by atoms with Gasteiger partial charge in [-0.25, -0.2) is 4.98 Å². The van der Waals surface area contributed by atoms with Crippen molar-refractivity contribution in [3.05, 3.63) is 92.4 Å². The number of nitrogens with zero attached hydrogens (tertiary/aromatic N) is 2. The molecule has 158 valence electrons. The molecule has 0 bridgehead atoms. The number of aromatic nitrogens is 2. The van der Waals surface area contributed by atoms with Crippen LogP contribution in [0, 0.1) is 0 Å². The Morgan fingerprint density at radius 3 is 2.67 bits per heavy atom. The summed E-state index contributed by atoms with van der Waals surface area (Å²) >= 11 is 8.03. The number of hydrogen-bond donors (Lipinski definition) is 2. The maximum Gasteiger partial charge on any atom is 0.255 e. The molecule has 0 radical (unpaired) electrons. The molecule has 3 aromatic rings. The van der Waals surface area contributed by atoms with E-state index in [0.29, 0.717) is 23.0 Å². The third-order valence-electron chi connectivity index (χ3n) is 4.51. The molecule has 3 rings (SSSR count). The molecule has 0 saturated heterocycles. The average Bonchev–Trinajstić information content (AvgIpc) is 2.71. The fraction of sp³-hybridized carbons (Fsp3) is 0.304. The Bertz CT molecular complexity index is 1020. The molecule has 0 amide bonds. The molecular formula is C23H27ClN4OS. The summed E-state index contributed by atoms with van der Waals surface area (Å²) < 4.78 is 0. The van der Waals surface area contributed by atoms with Crippen LogP contribution in [0.3, 0.4) is 0 Å². The van der Waals surface area contributed by atoms with Crippen molar-refractivity contribution in [1.29, 1.82) is 0 Å². The fourth-order valence-corrected chi connectivity index (χ4v) is 4.11. The van der Waals surface area contributed by atoms with Crippen LogP contribution >= 0.6 is 23.4 Å². The van der Waals surface area contributed by atoms with Crippen LogP contribution in [0.2, 0.25) is 5.02 Å². The van der Waals surface area contributed by atoms with Crippen LogP contribution in [-0.2, 0) is 18.7 Å². The second-order valence-electron chi connectivity index (χ2n) is 7.39.